The minimum absolute atomic E-state index is 0.258. The summed E-state index contributed by atoms with van der Waals surface area (Å²) in [5.41, 5.74) is 0.893. The molecule has 0 saturated carbocycles. The van der Waals surface area contributed by atoms with E-state index in [1.54, 1.807) is 42.5 Å². The molecular formula is C22H23NO3. The third-order valence-corrected chi connectivity index (χ3v) is 4.87. The van der Waals surface area contributed by atoms with Crippen molar-refractivity contribution in [3.8, 4) is 0 Å². The number of benzene rings is 2. The van der Waals surface area contributed by atoms with Gasteiger partial charge in [0.15, 0.2) is 11.4 Å². The van der Waals surface area contributed by atoms with Crippen LogP contribution in [0.2, 0.25) is 0 Å². The molecule has 1 aliphatic rings. The Balaban J connectivity index is 1.91. The van der Waals surface area contributed by atoms with Gasteiger partial charge in [0.05, 0.1) is 12.1 Å². The molecule has 4 nitrogen and oxygen atoms in total. The van der Waals surface area contributed by atoms with E-state index in [9.17, 15) is 14.7 Å². The highest BCUT2D eigenvalue weighted by Gasteiger charge is 2.50. The molecule has 26 heavy (non-hydrogen) atoms. The van der Waals surface area contributed by atoms with Crippen LogP contribution in [0.15, 0.2) is 61.2 Å². The SMILES string of the molecule is C=CCN1C(=O)[C@](O)(CC(=O)c2ccc(C(C)C)cc2)c2ccccc21. The van der Waals surface area contributed by atoms with Gasteiger partial charge in [0.25, 0.3) is 5.91 Å². The van der Waals surface area contributed by atoms with E-state index in [1.165, 1.54) is 4.90 Å². The molecule has 3 rings (SSSR count). The van der Waals surface area contributed by atoms with Crippen molar-refractivity contribution >= 4 is 17.4 Å². The van der Waals surface area contributed by atoms with Crippen molar-refractivity contribution in [3.63, 3.8) is 0 Å². The lowest BCUT2D eigenvalue weighted by Gasteiger charge is -2.22. The molecule has 1 heterocycles. The zero-order chi connectivity index (χ0) is 18.9. The van der Waals surface area contributed by atoms with Crippen LogP contribution in [0.1, 0.15) is 47.7 Å². The van der Waals surface area contributed by atoms with Crippen LogP contribution in [0.5, 0.6) is 0 Å². The second-order valence-electron chi connectivity index (χ2n) is 6.96. The molecular weight excluding hydrogens is 326 g/mol. The number of aliphatic hydroxyl groups is 1. The van der Waals surface area contributed by atoms with Crippen LogP contribution in [0.4, 0.5) is 5.69 Å². The van der Waals surface area contributed by atoms with Crippen LogP contribution in [-0.4, -0.2) is 23.3 Å². The quantitative estimate of drug-likeness (QED) is 0.637. The van der Waals surface area contributed by atoms with E-state index >= 15 is 0 Å². The van der Waals surface area contributed by atoms with Gasteiger partial charge in [-0.2, -0.15) is 0 Å². The van der Waals surface area contributed by atoms with Crippen molar-refractivity contribution < 1.29 is 14.7 Å². The van der Waals surface area contributed by atoms with Gasteiger partial charge in [-0.05, 0) is 17.5 Å². The summed E-state index contributed by atoms with van der Waals surface area (Å²) in [6, 6.07) is 14.4. The average molecular weight is 349 g/mol. The molecule has 0 radical (unpaired) electrons. The largest absolute Gasteiger partial charge is 0.375 e. The van der Waals surface area contributed by atoms with E-state index in [0.717, 1.165) is 5.56 Å². The number of ketones is 1. The Morgan fingerprint density at radius 2 is 1.85 bits per heavy atom. The monoisotopic (exact) mass is 349 g/mol. The number of hydrogen-bond acceptors (Lipinski definition) is 3. The number of amides is 1. The Labute approximate surface area is 153 Å². The van der Waals surface area contributed by atoms with E-state index in [4.69, 9.17) is 0 Å². The molecule has 0 aromatic heterocycles. The van der Waals surface area contributed by atoms with Crippen molar-refractivity contribution in [2.24, 2.45) is 0 Å². The van der Waals surface area contributed by atoms with Crippen LogP contribution in [-0.2, 0) is 10.4 Å². The van der Waals surface area contributed by atoms with Crippen molar-refractivity contribution in [1.29, 1.82) is 0 Å². The van der Waals surface area contributed by atoms with Gasteiger partial charge in [-0.25, -0.2) is 0 Å². The summed E-state index contributed by atoms with van der Waals surface area (Å²) in [6.07, 6.45) is 1.32. The zero-order valence-electron chi connectivity index (χ0n) is 15.1. The number of anilines is 1. The lowest BCUT2D eigenvalue weighted by Crippen LogP contribution is -2.41. The maximum Gasteiger partial charge on any atom is 0.264 e. The number of rotatable bonds is 6. The minimum Gasteiger partial charge on any atom is -0.375 e. The van der Waals surface area contributed by atoms with E-state index in [-0.39, 0.29) is 18.7 Å². The second-order valence-corrected chi connectivity index (χ2v) is 6.96. The highest BCUT2D eigenvalue weighted by atomic mass is 16.3. The molecule has 2 aromatic carbocycles. The predicted octanol–water partition coefficient (Wildman–Crippen LogP) is 3.80. The van der Waals surface area contributed by atoms with Gasteiger partial charge < -0.3 is 10.0 Å². The van der Waals surface area contributed by atoms with Crippen LogP contribution in [0.25, 0.3) is 0 Å². The maximum atomic E-state index is 12.9. The zero-order valence-corrected chi connectivity index (χ0v) is 15.1. The fourth-order valence-corrected chi connectivity index (χ4v) is 3.38. The van der Waals surface area contributed by atoms with Crippen LogP contribution >= 0.6 is 0 Å². The molecule has 4 heteroatoms. The van der Waals surface area contributed by atoms with Crippen LogP contribution < -0.4 is 4.90 Å². The fraction of sp³-hybridized carbons (Fsp3) is 0.273. The van der Waals surface area contributed by atoms with Gasteiger partial charge in [-0.1, -0.05) is 62.4 Å². The standard InChI is InChI=1S/C22H23NO3/c1-4-13-23-19-8-6-5-7-18(19)22(26,21(23)25)14-20(24)17-11-9-16(10-12-17)15(2)3/h4-12,15,26H,1,13-14H2,2-3H3/t22-/m0/s1. The number of Topliss-reactive ketones (excluding diaryl/α,β-unsaturated/α-hetero) is 1. The summed E-state index contributed by atoms with van der Waals surface area (Å²) >= 11 is 0. The average Bonchev–Trinajstić information content (AvgIpc) is 2.84. The summed E-state index contributed by atoms with van der Waals surface area (Å²) in [7, 11) is 0. The Hall–Kier alpha value is -2.72. The Morgan fingerprint density at radius 3 is 2.46 bits per heavy atom. The van der Waals surface area contributed by atoms with E-state index in [2.05, 4.69) is 20.4 Å². The third-order valence-electron chi connectivity index (χ3n) is 4.87. The van der Waals surface area contributed by atoms with Gasteiger partial charge in [0, 0.05) is 17.7 Å². The summed E-state index contributed by atoms with van der Waals surface area (Å²) in [5.74, 6) is -0.365. The van der Waals surface area contributed by atoms with Gasteiger partial charge in [-0.15, -0.1) is 6.58 Å². The number of hydrogen-bond donors (Lipinski definition) is 1. The first-order valence-corrected chi connectivity index (χ1v) is 8.76. The number of nitrogens with zero attached hydrogens (tertiary/aromatic N) is 1. The van der Waals surface area contributed by atoms with Crippen LogP contribution in [0, 0.1) is 0 Å². The number of para-hydroxylation sites is 1. The second kappa shape index (κ2) is 6.89. The number of carbonyl (C=O) groups excluding carboxylic acids is 2. The highest BCUT2D eigenvalue weighted by Crippen LogP contribution is 2.42. The third kappa shape index (κ3) is 2.97. The van der Waals surface area contributed by atoms with Crippen molar-refractivity contribution in [2.45, 2.75) is 31.8 Å². The lowest BCUT2D eigenvalue weighted by atomic mass is 9.87. The molecule has 0 unspecified atom stereocenters. The first-order chi connectivity index (χ1) is 12.4. The first-order valence-electron chi connectivity index (χ1n) is 8.76. The van der Waals surface area contributed by atoms with Gasteiger partial charge in [-0.3, -0.25) is 9.59 Å². The predicted molar refractivity (Wildman–Crippen MR) is 102 cm³/mol. The first kappa shape index (κ1) is 18.1. The summed E-state index contributed by atoms with van der Waals surface area (Å²) < 4.78 is 0. The van der Waals surface area contributed by atoms with E-state index in [0.29, 0.717) is 22.7 Å². The molecule has 134 valence electrons. The molecule has 0 spiro atoms. The minimum atomic E-state index is -1.84. The molecule has 1 aliphatic heterocycles. The Bertz CT molecular complexity index is 854. The lowest BCUT2D eigenvalue weighted by molar-refractivity contribution is -0.135. The van der Waals surface area contributed by atoms with Crippen molar-refractivity contribution in [2.75, 3.05) is 11.4 Å². The van der Waals surface area contributed by atoms with Crippen molar-refractivity contribution in [1.82, 2.24) is 0 Å². The number of carbonyl (C=O) groups is 2. The van der Waals surface area contributed by atoms with Gasteiger partial charge >= 0.3 is 0 Å². The van der Waals surface area contributed by atoms with E-state index in [1.807, 2.05) is 12.1 Å². The molecule has 0 saturated heterocycles. The maximum absolute atomic E-state index is 12.9. The summed E-state index contributed by atoms with van der Waals surface area (Å²) in [6.45, 7) is 8.13. The van der Waals surface area contributed by atoms with E-state index < -0.39 is 11.5 Å². The fourth-order valence-electron chi connectivity index (χ4n) is 3.38. The summed E-state index contributed by atoms with van der Waals surface area (Å²) in [5, 5.41) is 11.1. The molecule has 1 atom stereocenters. The molecule has 1 N–H and O–H groups in total. The summed E-state index contributed by atoms with van der Waals surface area (Å²) in [4.78, 5) is 27.1. The van der Waals surface area contributed by atoms with Crippen LogP contribution in [0.3, 0.4) is 0 Å². The topological polar surface area (TPSA) is 57.6 Å². The Morgan fingerprint density at radius 1 is 1.19 bits per heavy atom. The van der Waals surface area contributed by atoms with Crippen molar-refractivity contribution in [3.05, 3.63) is 77.9 Å². The normalized spacial score (nSPS) is 18.9. The smallest absolute Gasteiger partial charge is 0.264 e. The molecule has 0 fully saturated rings. The van der Waals surface area contributed by atoms with Gasteiger partial charge in [0.2, 0.25) is 0 Å². The Kier molecular flexibility index (Phi) is 4.79. The number of fused-ring (bicyclic) bond motifs is 1. The molecule has 0 bridgehead atoms. The van der Waals surface area contributed by atoms with Gasteiger partial charge in [0.1, 0.15) is 0 Å². The highest BCUT2D eigenvalue weighted by molar-refractivity contribution is 6.10. The molecule has 0 aliphatic carbocycles. The molecule has 1 amide bonds. The molecule has 2 aromatic rings.